The van der Waals surface area contributed by atoms with Gasteiger partial charge in [0, 0.05) is 0 Å². The number of imide groups is 1. The number of carbonyl (C=O) groups excluding carboxylic acids is 2. The van der Waals surface area contributed by atoms with E-state index in [9.17, 15) is 9.59 Å². The van der Waals surface area contributed by atoms with Crippen molar-refractivity contribution < 1.29 is 19.3 Å². The lowest BCUT2D eigenvalue weighted by Gasteiger charge is -1.99. The molecule has 0 aromatic rings. The second-order valence-corrected chi connectivity index (χ2v) is 2.25. The molecule has 0 radical (unpaired) electrons. The average Bonchev–Trinajstić information content (AvgIpc) is 2.32. The lowest BCUT2D eigenvalue weighted by atomic mass is 10.3. The Morgan fingerprint density at radius 1 is 1.00 bits per heavy atom. The molecule has 0 heterocycles. The van der Waals surface area contributed by atoms with Crippen molar-refractivity contribution >= 4 is 23.2 Å². The van der Waals surface area contributed by atoms with E-state index in [1.165, 1.54) is 12.1 Å². The van der Waals surface area contributed by atoms with Crippen LogP contribution in [0.2, 0.25) is 0 Å². The van der Waals surface area contributed by atoms with Gasteiger partial charge in [0.1, 0.15) is 26.4 Å². The summed E-state index contributed by atoms with van der Waals surface area (Å²) >= 11 is 0. The highest BCUT2D eigenvalue weighted by Crippen LogP contribution is 1.83. The maximum absolute atomic E-state index is 11.2. The van der Waals surface area contributed by atoms with E-state index < -0.39 is 23.2 Å². The van der Waals surface area contributed by atoms with Crippen molar-refractivity contribution in [1.29, 1.82) is 10.5 Å². The molecule has 88 valence electrons. The Balaban J connectivity index is 4.78. The average molecular weight is 237 g/mol. The van der Waals surface area contributed by atoms with Gasteiger partial charge < -0.3 is 9.68 Å². The van der Waals surface area contributed by atoms with Gasteiger partial charge in [-0.25, -0.2) is 0 Å². The molecule has 0 unspecified atom stereocenters. The minimum Gasteiger partial charge on any atom is -0.398 e. The predicted octanol–water partition coefficient (Wildman–Crippen LogP) is -1.32. The Morgan fingerprint density at radius 2 is 1.35 bits per heavy atom. The number of carbonyl (C=O) groups is 2. The first kappa shape index (κ1) is 14.1. The van der Waals surface area contributed by atoms with Gasteiger partial charge in [-0.1, -0.05) is 10.3 Å². The van der Waals surface area contributed by atoms with Crippen LogP contribution in [-0.4, -0.2) is 37.5 Å². The Kier molecular flexibility index (Phi) is 6.09. The van der Waals surface area contributed by atoms with Gasteiger partial charge in [-0.3, -0.25) is 14.9 Å². The maximum Gasteiger partial charge on any atom is 0.291 e. The molecular weight excluding hydrogens is 230 g/mol. The minimum atomic E-state index is -1.11. The SMILES string of the molecule is CON=C(C#N)C(=O)NC(=O)C(C#N)=NOC. The lowest BCUT2D eigenvalue weighted by Crippen LogP contribution is -2.39. The van der Waals surface area contributed by atoms with Gasteiger partial charge in [-0.05, 0) is 0 Å². The van der Waals surface area contributed by atoms with Crippen LogP contribution in [0.4, 0.5) is 0 Å². The first-order valence-electron chi connectivity index (χ1n) is 3.98. The number of nitrogens with zero attached hydrogens (tertiary/aromatic N) is 4. The lowest BCUT2D eigenvalue weighted by molar-refractivity contribution is -0.123. The van der Waals surface area contributed by atoms with Crippen molar-refractivity contribution in [2.45, 2.75) is 0 Å². The molecule has 0 atom stereocenters. The number of amides is 2. The van der Waals surface area contributed by atoms with E-state index in [0.29, 0.717) is 0 Å². The summed E-state index contributed by atoms with van der Waals surface area (Å²) in [5.41, 5.74) is -1.34. The summed E-state index contributed by atoms with van der Waals surface area (Å²) in [5, 5.41) is 24.8. The summed E-state index contributed by atoms with van der Waals surface area (Å²) in [6.07, 6.45) is 0. The Morgan fingerprint density at radius 3 is 1.59 bits per heavy atom. The monoisotopic (exact) mass is 237 g/mol. The van der Waals surface area contributed by atoms with Crippen LogP contribution in [-0.2, 0) is 19.3 Å². The third-order valence-electron chi connectivity index (χ3n) is 1.23. The van der Waals surface area contributed by atoms with E-state index in [1.54, 1.807) is 5.32 Å². The van der Waals surface area contributed by atoms with Crippen molar-refractivity contribution in [3.8, 4) is 12.1 Å². The van der Waals surface area contributed by atoms with E-state index in [1.807, 2.05) is 0 Å². The van der Waals surface area contributed by atoms with Crippen molar-refractivity contribution in [2.24, 2.45) is 10.3 Å². The van der Waals surface area contributed by atoms with Crippen LogP contribution in [0.3, 0.4) is 0 Å². The molecule has 9 nitrogen and oxygen atoms in total. The second kappa shape index (κ2) is 7.36. The van der Waals surface area contributed by atoms with Crippen LogP contribution in [0.5, 0.6) is 0 Å². The molecule has 17 heavy (non-hydrogen) atoms. The highest BCUT2D eigenvalue weighted by Gasteiger charge is 2.19. The molecule has 0 saturated carbocycles. The van der Waals surface area contributed by atoms with Gasteiger partial charge in [-0.2, -0.15) is 10.5 Å². The minimum absolute atomic E-state index is 0.671. The van der Waals surface area contributed by atoms with Gasteiger partial charge in [0.05, 0.1) is 0 Å². The van der Waals surface area contributed by atoms with E-state index >= 15 is 0 Å². The molecule has 9 heteroatoms. The number of hydrogen-bond acceptors (Lipinski definition) is 8. The molecule has 0 aliphatic carbocycles. The number of nitriles is 2. The molecule has 0 spiro atoms. The fraction of sp³-hybridized carbons (Fsp3) is 0.250. The summed E-state index contributed by atoms with van der Waals surface area (Å²) < 4.78 is 0. The highest BCUT2D eigenvalue weighted by atomic mass is 16.6. The molecule has 1 N–H and O–H groups in total. The Labute approximate surface area is 95.9 Å². The highest BCUT2D eigenvalue weighted by molar-refractivity contribution is 6.54. The summed E-state index contributed by atoms with van der Waals surface area (Å²) in [6.45, 7) is 0. The van der Waals surface area contributed by atoms with Crippen molar-refractivity contribution in [1.82, 2.24) is 5.32 Å². The van der Waals surface area contributed by atoms with E-state index in [-0.39, 0.29) is 0 Å². The first-order chi connectivity index (χ1) is 8.10. The molecule has 0 aliphatic heterocycles. The molecule has 0 saturated heterocycles. The van der Waals surface area contributed by atoms with Crippen molar-refractivity contribution in [3.63, 3.8) is 0 Å². The number of nitrogens with one attached hydrogen (secondary N) is 1. The summed E-state index contributed by atoms with van der Waals surface area (Å²) in [6, 6.07) is 2.81. The van der Waals surface area contributed by atoms with Crippen molar-refractivity contribution in [3.05, 3.63) is 0 Å². The molecular formula is C8H7N5O4. The third kappa shape index (κ3) is 4.40. The summed E-state index contributed by atoms with van der Waals surface area (Å²) in [7, 11) is 2.25. The second-order valence-electron chi connectivity index (χ2n) is 2.25. The van der Waals surface area contributed by atoms with Crippen LogP contribution in [0.1, 0.15) is 0 Å². The molecule has 0 bridgehead atoms. The number of rotatable bonds is 4. The number of hydrogen-bond donors (Lipinski definition) is 1. The Bertz CT molecular complexity index is 412. The molecule has 0 aromatic carbocycles. The normalized spacial score (nSPS) is 10.8. The van der Waals surface area contributed by atoms with Crippen LogP contribution in [0, 0.1) is 22.7 Å². The zero-order valence-electron chi connectivity index (χ0n) is 8.92. The molecule has 2 amide bonds. The Hall–Kier alpha value is -2.94. The predicted molar refractivity (Wildman–Crippen MR) is 53.3 cm³/mol. The number of oxime groups is 2. The van der Waals surface area contributed by atoms with Gasteiger partial charge in [-0.15, -0.1) is 0 Å². The fourth-order valence-corrected chi connectivity index (χ4v) is 0.629. The van der Waals surface area contributed by atoms with Crippen LogP contribution < -0.4 is 5.32 Å². The standard InChI is InChI=1S/C8H7N5O4/c1-16-12-5(3-9)7(14)11-8(15)6(4-10)13-17-2/h1-2H3,(H,11,14,15). The van der Waals surface area contributed by atoms with Crippen LogP contribution >= 0.6 is 0 Å². The molecule has 0 rings (SSSR count). The van der Waals surface area contributed by atoms with Gasteiger partial charge >= 0.3 is 0 Å². The van der Waals surface area contributed by atoms with Gasteiger partial charge in [0.25, 0.3) is 11.8 Å². The zero-order chi connectivity index (χ0) is 13.3. The topological polar surface area (TPSA) is 137 Å². The quantitative estimate of drug-likeness (QED) is 0.475. The van der Waals surface area contributed by atoms with E-state index in [4.69, 9.17) is 10.5 Å². The van der Waals surface area contributed by atoms with E-state index in [2.05, 4.69) is 20.0 Å². The maximum atomic E-state index is 11.2. The molecule has 0 aliphatic rings. The molecule has 0 aromatic heterocycles. The third-order valence-corrected chi connectivity index (χ3v) is 1.23. The van der Waals surface area contributed by atoms with Crippen LogP contribution in [0.15, 0.2) is 10.3 Å². The summed E-state index contributed by atoms with van der Waals surface area (Å²) in [4.78, 5) is 30.9. The van der Waals surface area contributed by atoms with Gasteiger partial charge in [0.15, 0.2) is 0 Å². The van der Waals surface area contributed by atoms with Crippen molar-refractivity contribution in [2.75, 3.05) is 14.2 Å². The van der Waals surface area contributed by atoms with E-state index in [0.717, 1.165) is 14.2 Å². The van der Waals surface area contributed by atoms with Crippen LogP contribution in [0.25, 0.3) is 0 Å². The first-order valence-corrected chi connectivity index (χ1v) is 3.98. The summed E-state index contributed by atoms with van der Waals surface area (Å²) in [5.74, 6) is -2.23. The molecule has 0 fully saturated rings. The van der Waals surface area contributed by atoms with Gasteiger partial charge in [0.2, 0.25) is 11.4 Å². The fourth-order valence-electron chi connectivity index (χ4n) is 0.629. The largest absolute Gasteiger partial charge is 0.398 e. The zero-order valence-corrected chi connectivity index (χ0v) is 8.92. The smallest absolute Gasteiger partial charge is 0.291 e.